The van der Waals surface area contributed by atoms with Crippen molar-refractivity contribution in [3.8, 4) is 0 Å². The van der Waals surface area contributed by atoms with Gasteiger partial charge >= 0.3 is 0 Å². The molecular weight excluding hydrogens is 152 g/mol. The second-order valence-electron chi connectivity index (χ2n) is 3.17. The quantitative estimate of drug-likeness (QED) is 0.555. The smallest absolute Gasteiger partial charge is 0.0587 e. The lowest BCUT2D eigenvalue weighted by molar-refractivity contribution is 0.191. The van der Waals surface area contributed by atoms with E-state index in [2.05, 4.69) is 19.2 Å². The molecule has 0 fully saturated rings. The topological polar surface area (TPSA) is 47.3 Å². The molecule has 0 bridgehead atoms. The second-order valence-corrected chi connectivity index (χ2v) is 3.17. The number of hydrogen-bond acceptors (Lipinski definition) is 3. The molecule has 2 unspecified atom stereocenters. The van der Waals surface area contributed by atoms with Gasteiger partial charge in [0.1, 0.15) is 0 Å². The predicted octanol–water partition coefficient (Wildman–Crippen LogP) is 0.596. The molecule has 0 aliphatic heterocycles. The van der Waals surface area contributed by atoms with Crippen molar-refractivity contribution in [3.05, 3.63) is 0 Å². The zero-order valence-corrected chi connectivity index (χ0v) is 8.47. The Morgan fingerprint density at radius 3 is 2.58 bits per heavy atom. The molecule has 0 aliphatic carbocycles. The fourth-order valence-corrected chi connectivity index (χ4v) is 1.15. The lowest BCUT2D eigenvalue weighted by atomic mass is 9.99. The van der Waals surface area contributed by atoms with Crippen molar-refractivity contribution in [1.82, 2.24) is 5.32 Å². The Morgan fingerprint density at radius 2 is 2.17 bits per heavy atom. The Balaban J connectivity index is 3.52. The second kappa shape index (κ2) is 7.53. The van der Waals surface area contributed by atoms with E-state index < -0.39 is 0 Å². The van der Waals surface area contributed by atoms with Crippen LogP contribution in [0.5, 0.6) is 0 Å². The van der Waals surface area contributed by atoms with E-state index in [9.17, 15) is 0 Å². The lowest BCUT2D eigenvalue weighted by Crippen LogP contribution is -2.42. The number of nitrogens with two attached hydrogens (primary N) is 1. The number of ether oxygens (including phenoxy) is 1. The molecule has 3 N–H and O–H groups in total. The predicted molar refractivity (Wildman–Crippen MR) is 52.2 cm³/mol. The minimum atomic E-state index is 0.435. The summed E-state index contributed by atoms with van der Waals surface area (Å²) in [6.07, 6.45) is 1.17. The fourth-order valence-electron chi connectivity index (χ4n) is 1.15. The Kier molecular flexibility index (Phi) is 7.45. The van der Waals surface area contributed by atoms with E-state index in [-0.39, 0.29) is 0 Å². The Morgan fingerprint density at radius 1 is 1.50 bits per heavy atom. The van der Waals surface area contributed by atoms with Crippen LogP contribution in [0.3, 0.4) is 0 Å². The number of hydrogen-bond donors (Lipinski definition) is 2. The van der Waals surface area contributed by atoms with Gasteiger partial charge in [0, 0.05) is 26.2 Å². The van der Waals surface area contributed by atoms with Crippen LogP contribution in [-0.2, 0) is 4.74 Å². The average molecular weight is 174 g/mol. The Bertz CT molecular complexity index is 98.5. The zero-order chi connectivity index (χ0) is 9.40. The molecule has 0 radical (unpaired) electrons. The van der Waals surface area contributed by atoms with Gasteiger partial charge in [0.05, 0.1) is 6.61 Å². The van der Waals surface area contributed by atoms with E-state index in [4.69, 9.17) is 10.5 Å². The van der Waals surface area contributed by atoms with E-state index in [1.807, 2.05) is 0 Å². The molecule has 0 amide bonds. The summed E-state index contributed by atoms with van der Waals surface area (Å²) in [7, 11) is 1.71. The van der Waals surface area contributed by atoms with Crippen LogP contribution in [0.2, 0.25) is 0 Å². The number of rotatable bonds is 7. The van der Waals surface area contributed by atoms with Crippen LogP contribution >= 0.6 is 0 Å². The largest absolute Gasteiger partial charge is 0.383 e. The normalized spacial score (nSPS) is 16.0. The molecule has 12 heavy (non-hydrogen) atoms. The highest BCUT2D eigenvalue weighted by molar-refractivity contribution is 4.72. The molecule has 3 heteroatoms. The first-order valence-corrected chi connectivity index (χ1v) is 4.68. The molecular formula is C9H22N2O. The lowest BCUT2D eigenvalue weighted by Gasteiger charge is -2.22. The maximum Gasteiger partial charge on any atom is 0.0587 e. The first-order chi connectivity index (χ1) is 5.76. The minimum Gasteiger partial charge on any atom is -0.383 e. The summed E-state index contributed by atoms with van der Waals surface area (Å²) in [5.41, 5.74) is 5.63. The maximum absolute atomic E-state index is 5.63. The third-order valence-corrected chi connectivity index (χ3v) is 2.30. The number of nitrogens with one attached hydrogen (secondary N) is 1. The van der Waals surface area contributed by atoms with Crippen LogP contribution < -0.4 is 11.1 Å². The molecule has 0 heterocycles. The highest BCUT2D eigenvalue weighted by atomic mass is 16.5. The average Bonchev–Trinajstić information content (AvgIpc) is 2.11. The summed E-state index contributed by atoms with van der Waals surface area (Å²) < 4.78 is 4.95. The molecule has 0 aromatic heterocycles. The minimum absolute atomic E-state index is 0.435. The fraction of sp³-hybridized carbons (Fsp3) is 1.00. The van der Waals surface area contributed by atoms with Crippen LogP contribution in [0.15, 0.2) is 0 Å². The van der Waals surface area contributed by atoms with Gasteiger partial charge in [-0.2, -0.15) is 0 Å². The summed E-state index contributed by atoms with van der Waals surface area (Å²) >= 11 is 0. The zero-order valence-electron chi connectivity index (χ0n) is 8.47. The molecule has 0 aromatic rings. The van der Waals surface area contributed by atoms with E-state index >= 15 is 0 Å². The highest BCUT2D eigenvalue weighted by Crippen LogP contribution is 2.05. The molecule has 0 aromatic carbocycles. The van der Waals surface area contributed by atoms with Crippen LogP contribution in [0.4, 0.5) is 0 Å². The third-order valence-electron chi connectivity index (χ3n) is 2.30. The van der Waals surface area contributed by atoms with Gasteiger partial charge in [-0.25, -0.2) is 0 Å². The summed E-state index contributed by atoms with van der Waals surface area (Å²) in [4.78, 5) is 0. The highest BCUT2D eigenvalue weighted by Gasteiger charge is 2.12. The van der Waals surface area contributed by atoms with Crippen molar-refractivity contribution in [3.63, 3.8) is 0 Å². The molecule has 0 spiro atoms. The van der Waals surface area contributed by atoms with Gasteiger partial charge in [0.25, 0.3) is 0 Å². The summed E-state index contributed by atoms with van der Waals surface area (Å²) in [6, 6.07) is 0.435. The monoisotopic (exact) mass is 174 g/mol. The Labute approximate surface area is 75.7 Å². The van der Waals surface area contributed by atoms with Crippen molar-refractivity contribution < 1.29 is 4.74 Å². The van der Waals surface area contributed by atoms with E-state index in [1.54, 1.807) is 7.11 Å². The molecule has 0 aliphatic rings. The van der Waals surface area contributed by atoms with Gasteiger partial charge in [-0.05, 0) is 5.92 Å². The van der Waals surface area contributed by atoms with Gasteiger partial charge in [-0.15, -0.1) is 0 Å². The molecule has 0 rings (SSSR count). The molecule has 3 nitrogen and oxygen atoms in total. The standard InChI is InChI=1S/C9H22N2O/c1-4-8(2)9(7-10)11-5-6-12-3/h8-9,11H,4-7,10H2,1-3H3. The first kappa shape index (κ1) is 11.9. The van der Waals surface area contributed by atoms with Crippen LogP contribution in [0, 0.1) is 5.92 Å². The van der Waals surface area contributed by atoms with Crippen molar-refractivity contribution in [1.29, 1.82) is 0 Å². The van der Waals surface area contributed by atoms with Gasteiger partial charge in [0.2, 0.25) is 0 Å². The van der Waals surface area contributed by atoms with Crippen LogP contribution in [-0.4, -0.2) is 32.8 Å². The molecule has 74 valence electrons. The summed E-state index contributed by atoms with van der Waals surface area (Å²) in [5, 5.41) is 3.37. The van der Waals surface area contributed by atoms with Gasteiger partial charge in [-0.3, -0.25) is 0 Å². The SMILES string of the molecule is CCC(C)C(CN)NCCOC. The number of methoxy groups -OCH3 is 1. The van der Waals surface area contributed by atoms with Crippen molar-refractivity contribution in [2.75, 3.05) is 26.8 Å². The third kappa shape index (κ3) is 4.70. The van der Waals surface area contributed by atoms with Crippen molar-refractivity contribution in [2.24, 2.45) is 11.7 Å². The molecule has 2 atom stereocenters. The van der Waals surface area contributed by atoms with Crippen LogP contribution in [0.1, 0.15) is 20.3 Å². The maximum atomic E-state index is 5.63. The van der Waals surface area contributed by atoms with E-state index in [0.717, 1.165) is 13.2 Å². The van der Waals surface area contributed by atoms with Crippen molar-refractivity contribution >= 4 is 0 Å². The summed E-state index contributed by atoms with van der Waals surface area (Å²) in [6.45, 7) is 6.76. The first-order valence-electron chi connectivity index (χ1n) is 4.68. The van der Waals surface area contributed by atoms with Gasteiger partial charge in [0.15, 0.2) is 0 Å². The molecule has 0 saturated heterocycles. The van der Waals surface area contributed by atoms with Crippen LogP contribution in [0.25, 0.3) is 0 Å². The van der Waals surface area contributed by atoms with Gasteiger partial charge in [-0.1, -0.05) is 20.3 Å². The Hall–Kier alpha value is -0.120. The molecule has 0 saturated carbocycles. The van der Waals surface area contributed by atoms with Gasteiger partial charge < -0.3 is 15.8 Å². The van der Waals surface area contributed by atoms with E-state index in [0.29, 0.717) is 18.5 Å². The summed E-state index contributed by atoms with van der Waals surface area (Å²) in [5.74, 6) is 0.645. The van der Waals surface area contributed by atoms with Crippen molar-refractivity contribution in [2.45, 2.75) is 26.3 Å². The van der Waals surface area contributed by atoms with E-state index in [1.165, 1.54) is 6.42 Å².